The number of halogens is 1. The minimum absolute atomic E-state index is 0.227. The fourth-order valence-electron chi connectivity index (χ4n) is 1.72. The Balaban J connectivity index is 3.11. The van der Waals surface area contributed by atoms with Crippen LogP contribution in [0.15, 0.2) is 28.7 Å². The average Bonchev–Trinajstić information content (AvgIpc) is 2.17. The fourth-order valence-corrected chi connectivity index (χ4v) is 1.98. The molecule has 4 heteroatoms. The van der Waals surface area contributed by atoms with Crippen LogP contribution in [-0.2, 0) is 10.3 Å². The van der Waals surface area contributed by atoms with E-state index in [9.17, 15) is 9.90 Å². The number of carboxylic acid groups (broad SMARTS) is 1. The van der Waals surface area contributed by atoms with E-state index in [0.29, 0.717) is 12.0 Å². The highest BCUT2D eigenvalue weighted by Gasteiger charge is 2.36. The zero-order valence-electron chi connectivity index (χ0n) is 9.40. The summed E-state index contributed by atoms with van der Waals surface area (Å²) in [5, 5.41) is 9.27. The van der Waals surface area contributed by atoms with Crippen molar-refractivity contribution in [3.8, 4) is 0 Å². The summed E-state index contributed by atoms with van der Waals surface area (Å²) >= 11 is 3.31. The first-order chi connectivity index (χ1) is 7.36. The summed E-state index contributed by atoms with van der Waals surface area (Å²) in [6.45, 7) is 3.92. The Bertz CT molecular complexity index is 375. The number of nitrogens with two attached hydrogens (primary N) is 1. The minimum Gasteiger partial charge on any atom is -0.480 e. The van der Waals surface area contributed by atoms with E-state index in [4.69, 9.17) is 5.73 Å². The summed E-state index contributed by atoms with van der Waals surface area (Å²) in [6.07, 6.45) is 0.421. The molecule has 1 atom stereocenters. The van der Waals surface area contributed by atoms with Crippen molar-refractivity contribution >= 4 is 21.9 Å². The van der Waals surface area contributed by atoms with E-state index >= 15 is 0 Å². The average molecular weight is 286 g/mol. The number of benzene rings is 1. The molecule has 1 aromatic carbocycles. The monoisotopic (exact) mass is 285 g/mol. The van der Waals surface area contributed by atoms with Gasteiger partial charge in [0.2, 0.25) is 0 Å². The largest absolute Gasteiger partial charge is 0.480 e. The molecule has 0 aliphatic heterocycles. The Labute approximate surface area is 104 Å². The summed E-state index contributed by atoms with van der Waals surface area (Å²) < 4.78 is 0.911. The van der Waals surface area contributed by atoms with E-state index in [1.165, 1.54) is 0 Å². The van der Waals surface area contributed by atoms with Crippen LogP contribution in [0.5, 0.6) is 0 Å². The Morgan fingerprint density at radius 3 is 2.31 bits per heavy atom. The molecule has 1 rings (SSSR count). The highest BCUT2D eigenvalue weighted by atomic mass is 79.9. The Kier molecular flexibility index (Phi) is 4.10. The van der Waals surface area contributed by atoms with Crippen LogP contribution in [0.25, 0.3) is 0 Å². The number of hydrogen-bond acceptors (Lipinski definition) is 2. The molecule has 0 heterocycles. The van der Waals surface area contributed by atoms with Crippen LogP contribution < -0.4 is 5.73 Å². The third kappa shape index (κ3) is 2.83. The first-order valence-corrected chi connectivity index (χ1v) is 5.94. The second-order valence-corrected chi connectivity index (χ2v) is 5.30. The van der Waals surface area contributed by atoms with Gasteiger partial charge in [-0.2, -0.15) is 0 Å². The van der Waals surface area contributed by atoms with Crippen LogP contribution in [-0.4, -0.2) is 11.1 Å². The van der Waals surface area contributed by atoms with Crippen LogP contribution in [0.4, 0.5) is 0 Å². The van der Waals surface area contributed by atoms with Gasteiger partial charge in [-0.1, -0.05) is 41.9 Å². The van der Waals surface area contributed by atoms with Gasteiger partial charge in [0.05, 0.1) is 0 Å². The van der Waals surface area contributed by atoms with E-state index in [2.05, 4.69) is 15.9 Å². The van der Waals surface area contributed by atoms with Crippen molar-refractivity contribution in [2.75, 3.05) is 0 Å². The van der Waals surface area contributed by atoms with Gasteiger partial charge in [-0.15, -0.1) is 0 Å². The van der Waals surface area contributed by atoms with Crippen molar-refractivity contribution < 1.29 is 9.90 Å². The lowest BCUT2D eigenvalue weighted by atomic mass is 9.83. The summed E-state index contributed by atoms with van der Waals surface area (Å²) in [5.74, 6) is -0.756. The molecule has 0 radical (unpaired) electrons. The third-order valence-corrected chi connectivity index (χ3v) is 3.00. The maximum Gasteiger partial charge on any atom is 0.328 e. The number of carboxylic acids is 1. The molecule has 0 saturated heterocycles. The second kappa shape index (κ2) is 4.97. The van der Waals surface area contributed by atoms with Crippen LogP contribution >= 0.6 is 15.9 Å². The molecule has 3 N–H and O–H groups in total. The maximum absolute atomic E-state index is 11.3. The smallest absolute Gasteiger partial charge is 0.328 e. The molecule has 0 fully saturated rings. The number of aliphatic carboxylic acids is 1. The molecular weight excluding hydrogens is 270 g/mol. The summed E-state index contributed by atoms with van der Waals surface area (Å²) in [4.78, 5) is 11.3. The molecule has 16 heavy (non-hydrogen) atoms. The Morgan fingerprint density at radius 2 is 1.94 bits per heavy atom. The van der Waals surface area contributed by atoms with E-state index < -0.39 is 11.5 Å². The molecule has 0 amide bonds. The second-order valence-electron chi connectivity index (χ2n) is 4.38. The van der Waals surface area contributed by atoms with Crippen LogP contribution in [0.1, 0.15) is 25.8 Å². The SMILES string of the molecule is CC(C)CC(N)(C(=O)O)c1ccc(Br)cc1. The first kappa shape index (κ1) is 13.2. The standard InChI is InChI=1S/C12H16BrNO2/c1-8(2)7-12(14,11(15)16)9-3-5-10(13)6-4-9/h3-6,8H,7,14H2,1-2H3,(H,15,16). The first-order valence-electron chi connectivity index (χ1n) is 5.14. The van der Waals surface area contributed by atoms with Gasteiger partial charge in [0, 0.05) is 4.47 Å². The molecule has 1 aromatic rings. The van der Waals surface area contributed by atoms with Gasteiger partial charge in [-0.25, -0.2) is 4.79 Å². The predicted molar refractivity (Wildman–Crippen MR) is 67.1 cm³/mol. The highest BCUT2D eigenvalue weighted by molar-refractivity contribution is 9.10. The molecule has 0 aliphatic carbocycles. The molecule has 0 aliphatic rings. The van der Waals surface area contributed by atoms with Gasteiger partial charge >= 0.3 is 5.97 Å². The van der Waals surface area contributed by atoms with Crippen LogP contribution in [0.2, 0.25) is 0 Å². The molecule has 0 saturated carbocycles. The van der Waals surface area contributed by atoms with Crippen molar-refractivity contribution in [3.05, 3.63) is 34.3 Å². The van der Waals surface area contributed by atoms with Gasteiger partial charge in [-0.3, -0.25) is 0 Å². The Morgan fingerprint density at radius 1 is 1.44 bits per heavy atom. The van der Waals surface area contributed by atoms with Gasteiger partial charge < -0.3 is 10.8 Å². The summed E-state index contributed by atoms with van der Waals surface area (Å²) in [6, 6.07) is 7.11. The predicted octanol–water partition coefficient (Wildman–Crippen LogP) is 2.73. The zero-order valence-corrected chi connectivity index (χ0v) is 11.0. The van der Waals surface area contributed by atoms with Crippen LogP contribution in [0, 0.1) is 5.92 Å². The van der Waals surface area contributed by atoms with Crippen molar-refractivity contribution in [1.82, 2.24) is 0 Å². The van der Waals surface area contributed by atoms with Gasteiger partial charge in [0.25, 0.3) is 0 Å². The summed E-state index contributed by atoms with van der Waals surface area (Å²) in [5.41, 5.74) is 5.34. The van der Waals surface area contributed by atoms with Crippen LogP contribution in [0.3, 0.4) is 0 Å². The maximum atomic E-state index is 11.3. The Hall–Kier alpha value is -0.870. The van der Waals surface area contributed by atoms with Crippen molar-refractivity contribution in [2.45, 2.75) is 25.8 Å². The zero-order chi connectivity index (χ0) is 12.3. The number of rotatable bonds is 4. The van der Waals surface area contributed by atoms with E-state index in [-0.39, 0.29) is 5.92 Å². The lowest BCUT2D eigenvalue weighted by Gasteiger charge is -2.27. The molecule has 1 unspecified atom stereocenters. The van der Waals surface area contributed by atoms with E-state index in [1.54, 1.807) is 24.3 Å². The molecule has 3 nitrogen and oxygen atoms in total. The normalized spacial score (nSPS) is 14.8. The van der Waals surface area contributed by atoms with Crippen molar-refractivity contribution in [2.24, 2.45) is 11.7 Å². The number of carbonyl (C=O) groups is 1. The lowest BCUT2D eigenvalue weighted by Crippen LogP contribution is -2.45. The molecular formula is C12H16BrNO2. The molecule has 0 spiro atoms. The topological polar surface area (TPSA) is 63.3 Å². The quantitative estimate of drug-likeness (QED) is 0.894. The van der Waals surface area contributed by atoms with Gasteiger partial charge in [-0.05, 0) is 30.0 Å². The third-order valence-electron chi connectivity index (χ3n) is 2.47. The van der Waals surface area contributed by atoms with Gasteiger partial charge in [0.1, 0.15) is 5.54 Å². The minimum atomic E-state index is -1.30. The molecule has 0 bridgehead atoms. The number of hydrogen-bond donors (Lipinski definition) is 2. The lowest BCUT2D eigenvalue weighted by molar-refractivity contribution is -0.144. The van der Waals surface area contributed by atoms with E-state index in [0.717, 1.165) is 4.47 Å². The van der Waals surface area contributed by atoms with Gasteiger partial charge in [0.15, 0.2) is 0 Å². The highest BCUT2D eigenvalue weighted by Crippen LogP contribution is 2.27. The van der Waals surface area contributed by atoms with Crippen molar-refractivity contribution in [1.29, 1.82) is 0 Å². The molecule has 88 valence electrons. The fraction of sp³-hybridized carbons (Fsp3) is 0.417. The van der Waals surface area contributed by atoms with E-state index in [1.807, 2.05) is 13.8 Å². The van der Waals surface area contributed by atoms with Crippen molar-refractivity contribution in [3.63, 3.8) is 0 Å². The molecule has 0 aromatic heterocycles. The summed E-state index contributed by atoms with van der Waals surface area (Å²) in [7, 11) is 0.